The predicted octanol–water partition coefficient (Wildman–Crippen LogP) is 5.69. The van der Waals surface area contributed by atoms with Crippen LogP contribution in [0.1, 0.15) is 98.8 Å². The Morgan fingerprint density at radius 2 is 1.68 bits per heavy atom. The van der Waals surface area contributed by atoms with Gasteiger partial charge in [-0.15, -0.1) is 0 Å². The second-order valence-corrected chi connectivity index (χ2v) is 13.5. The number of carbonyl (C=O) groups excluding carboxylic acids is 2. The molecule has 4 rings (SSSR count). The number of carbonyl (C=O) groups is 2. The fourth-order valence-electron chi connectivity index (χ4n) is 6.94. The molecular formula is C30H53N3O5. The molecule has 0 aromatic heterocycles. The van der Waals surface area contributed by atoms with Gasteiger partial charge in [0.05, 0.1) is 0 Å². The Kier molecular flexibility index (Phi) is 9.55. The molecular weight excluding hydrogens is 482 g/mol. The summed E-state index contributed by atoms with van der Waals surface area (Å²) in [6.07, 6.45) is 10.1. The van der Waals surface area contributed by atoms with Crippen LogP contribution in [0.2, 0.25) is 0 Å². The van der Waals surface area contributed by atoms with E-state index in [4.69, 9.17) is 14.2 Å². The number of piperidine rings is 2. The van der Waals surface area contributed by atoms with Crippen molar-refractivity contribution in [3.8, 4) is 0 Å². The van der Waals surface area contributed by atoms with Gasteiger partial charge in [-0.25, -0.2) is 9.59 Å². The number of likely N-dealkylation sites (tertiary alicyclic amines) is 2. The third kappa shape index (κ3) is 7.15. The zero-order valence-corrected chi connectivity index (χ0v) is 24.8. The van der Waals surface area contributed by atoms with Gasteiger partial charge in [0, 0.05) is 76.8 Å². The van der Waals surface area contributed by atoms with Gasteiger partial charge in [0.15, 0.2) is 0 Å². The lowest BCUT2D eigenvalue weighted by Crippen LogP contribution is -2.63. The van der Waals surface area contributed by atoms with Crippen LogP contribution in [0.25, 0.3) is 0 Å². The molecule has 218 valence electrons. The molecule has 0 unspecified atom stereocenters. The van der Waals surface area contributed by atoms with Gasteiger partial charge in [-0.3, -0.25) is 4.90 Å². The zero-order chi connectivity index (χ0) is 27.4. The van der Waals surface area contributed by atoms with Crippen LogP contribution in [0, 0.1) is 11.8 Å². The van der Waals surface area contributed by atoms with E-state index < -0.39 is 5.60 Å². The molecule has 0 saturated carbocycles. The first-order valence-electron chi connectivity index (χ1n) is 15.3. The highest BCUT2D eigenvalue weighted by Gasteiger charge is 2.51. The lowest BCUT2D eigenvalue weighted by Gasteiger charge is -2.55. The van der Waals surface area contributed by atoms with Gasteiger partial charge >= 0.3 is 12.2 Å². The van der Waals surface area contributed by atoms with Gasteiger partial charge in [0.2, 0.25) is 0 Å². The molecule has 38 heavy (non-hydrogen) atoms. The van der Waals surface area contributed by atoms with E-state index in [0.717, 1.165) is 104 Å². The molecule has 8 nitrogen and oxygen atoms in total. The van der Waals surface area contributed by atoms with E-state index in [1.807, 2.05) is 30.6 Å². The molecule has 0 bridgehead atoms. The number of unbranched alkanes of at least 4 members (excludes halogenated alkanes) is 1. The number of nitrogens with zero attached hydrogens (tertiary/aromatic N) is 3. The molecule has 4 saturated heterocycles. The molecule has 0 radical (unpaired) electrons. The first kappa shape index (κ1) is 29.4. The summed E-state index contributed by atoms with van der Waals surface area (Å²) in [5.41, 5.74) is -0.732. The van der Waals surface area contributed by atoms with Gasteiger partial charge in [-0.05, 0) is 72.1 Å². The minimum Gasteiger partial charge on any atom is -0.444 e. The number of ether oxygens (including phenoxy) is 3. The molecule has 2 amide bonds. The summed E-state index contributed by atoms with van der Waals surface area (Å²) >= 11 is 0. The van der Waals surface area contributed by atoms with Crippen LogP contribution in [0.15, 0.2) is 0 Å². The summed E-state index contributed by atoms with van der Waals surface area (Å²) in [6, 6.07) is 0. The molecule has 1 spiro atoms. The third-order valence-electron chi connectivity index (χ3n) is 9.65. The van der Waals surface area contributed by atoms with Crippen molar-refractivity contribution in [3.63, 3.8) is 0 Å². The number of hydrogen-bond acceptors (Lipinski definition) is 6. The smallest absolute Gasteiger partial charge is 0.410 e. The molecule has 0 aromatic rings. The fourth-order valence-corrected chi connectivity index (χ4v) is 6.94. The maximum Gasteiger partial charge on any atom is 0.410 e. The van der Waals surface area contributed by atoms with Gasteiger partial charge in [-0.2, -0.15) is 0 Å². The van der Waals surface area contributed by atoms with E-state index >= 15 is 0 Å². The normalized spacial score (nSPS) is 26.9. The molecule has 8 heteroatoms. The minimum atomic E-state index is -0.467. The standard InChI is InChI=1S/C30H53N3O5/c1-6-7-8-25-23-32(16-9-24-10-21-36-22-11-24)27(35)38-30(25)14-19-33(20-15-30)29(5)12-17-31(18-13-29)26(34)37-28(2,3)4/h24-25H,6-23H2,1-5H3/t25-/m0/s1. The van der Waals surface area contributed by atoms with Crippen LogP contribution in [0.3, 0.4) is 0 Å². The van der Waals surface area contributed by atoms with Crippen molar-refractivity contribution in [1.29, 1.82) is 0 Å². The van der Waals surface area contributed by atoms with Gasteiger partial charge in [-0.1, -0.05) is 19.8 Å². The Hall–Kier alpha value is -1.54. The molecule has 0 aromatic carbocycles. The summed E-state index contributed by atoms with van der Waals surface area (Å²) in [5, 5.41) is 0. The summed E-state index contributed by atoms with van der Waals surface area (Å²) in [5.74, 6) is 1.06. The third-order valence-corrected chi connectivity index (χ3v) is 9.65. The lowest BCUT2D eigenvalue weighted by atomic mass is 9.74. The van der Waals surface area contributed by atoms with E-state index in [2.05, 4.69) is 18.7 Å². The average Bonchev–Trinajstić information content (AvgIpc) is 2.88. The van der Waals surface area contributed by atoms with E-state index in [9.17, 15) is 9.59 Å². The van der Waals surface area contributed by atoms with E-state index in [1.165, 1.54) is 12.8 Å². The largest absolute Gasteiger partial charge is 0.444 e. The van der Waals surface area contributed by atoms with Gasteiger partial charge in [0.1, 0.15) is 11.2 Å². The molecule has 4 aliphatic heterocycles. The molecule has 4 heterocycles. The highest BCUT2D eigenvalue weighted by molar-refractivity contribution is 5.69. The lowest BCUT2D eigenvalue weighted by molar-refractivity contribution is -0.133. The first-order chi connectivity index (χ1) is 18.0. The minimum absolute atomic E-state index is 0.0630. The predicted molar refractivity (Wildman–Crippen MR) is 148 cm³/mol. The molecule has 4 fully saturated rings. The highest BCUT2D eigenvalue weighted by atomic mass is 16.6. The Balaban J connectivity index is 1.32. The molecule has 0 N–H and O–H groups in total. The molecule has 0 aliphatic carbocycles. The Labute approximate surface area is 230 Å². The van der Waals surface area contributed by atoms with Crippen molar-refractivity contribution < 1.29 is 23.8 Å². The maximum absolute atomic E-state index is 13.2. The van der Waals surface area contributed by atoms with Crippen LogP contribution < -0.4 is 0 Å². The highest BCUT2D eigenvalue weighted by Crippen LogP contribution is 2.43. The Morgan fingerprint density at radius 1 is 1.03 bits per heavy atom. The monoisotopic (exact) mass is 535 g/mol. The van der Waals surface area contributed by atoms with E-state index in [0.29, 0.717) is 11.8 Å². The van der Waals surface area contributed by atoms with Crippen LogP contribution in [-0.4, -0.2) is 96.1 Å². The van der Waals surface area contributed by atoms with E-state index in [1.54, 1.807) is 0 Å². The summed E-state index contributed by atoms with van der Waals surface area (Å²) < 4.78 is 17.5. The Morgan fingerprint density at radius 3 is 2.29 bits per heavy atom. The van der Waals surface area contributed by atoms with Crippen molar-refractivity contribution in [2.75, 3.05) is 52.5 Å². The summed E-state index contributed by atoms with van der Waals surface area (Å²) in [7, 11) is 0. The quantitative estimate of drug-likeness (QED) is 0.417. The molecule has 4 aliphatic rings. The van der Waals surface area contributed by atoms with Gasteiger partial charge < -0.3 is 24.0 Å². The first-order valence-corrected chi connectivity index (χ1v) is 15.3. The van der Waals surface area contributed by atoms with Crippen LogP contribution in [-0.2, 0) is 14.2 Å². The van der Waals surface area contributed by atoms with Crippen LogP contribution in [0.5, 0.6) is 0 Å². The van der Waals surface area contributed by atoms with E-state index in [-0.39, 0.29) is 23.3 Å². The Bertz CT molecular complexity index is 790. The van der Waals surface area contributed by atoms with Crippen LogP contribution >= 0.6 is 0 Å². The maximum atomic E-state index is 13.2. The average molecular weight is 536 g/mol. The number of amides is 2. The van der Waals surface area contributed by atoms with Crippen LogP contribution in [0.4, 0.5) is 9.59 Å². The molecule has 1 atom stereocenters. The van der Waals surface area contributed by atoms with Crippen molar-refractivity contribution >= 4 is 12.2 Å². The second kappa shape index (κ2) is 12.3. The summed E-state index contributed by atoms with van der Waals surface area (Å²) in [6.45, 7) is 17.0. The number of hydrogen-bond donors (Lipinski definition) is 0. The zero-order valence-electron chi connectivity index (χ0n) is 24.8. The van der Waals surface area contributed by atoms with Crippen molar-refractivity contribution in [2.45, 2.75) is 116 Å². The number of rotatable bonds is 7. The van der Waals surface area contributed by atoms with Gasteiger partial charge in [0.25, 0.3) is 0 Å². The van der Waals surface area contributed by atoms with Crippen molar-refractivity contribution in [1.82, 2.24) is 14.7 Å². The van der Waals surface area contributed by atoms with Crippen molar-refractivity contribution in [3.05, 3.63) is 0 Å². The topological polar surface area (TPSA) is 71.5 Å². The second-order valence-electron chi connectivity index (χ2n) is 13.5. The SMILES string of the molecule is CCCC[C@H]1CN(CCC2CCOCC2)C(=O)OC12CCN(C1(C)CCN(C(=O)OC(C)(C)C)CC1)CC2. The fraction of sp³-hybridized carbons (Fsp3) is 0.933. The summed E-state index contributed by atoms with van der Waals surface area (Å²) in [4.78, 5) is 32.2. The van der Waals surface area contributed by atoms with Crippen molar-refractivity contribution in [2.24, 2.45) is 11.8 Å².